The minimum absolute atomic E-state index is 0.228. The number of hydrogen-bond acceptors (Lipinski definition) is 5. The number of nitrogens with one attached hydrogen (secondary N) is 2. The number of H-pyrrole nitrogens is 1. The molecule has 2 N–H and O–H groups in total. The average molecular weight is 587 g/mol. The summed E-state index contributed by atoms with van der Waals surface area (Å²) >= 11 is 12.3. The summed E-state index contributed by atoms with van der Waals surface area (Å²) in [6.07, 6.45) is 0.446. The highest BCUT2D eigenvalue weighted by Gasteiger charge is 2.27. The number of aromatic nitrogens is 2. The molecule has 0 atom stereocenters. The lowest BCUT2D eigenvalue weighted by Crippen LogP contribution is -2.52. The van der Waals surface area contributed by atoms with Gasteiger partial charge in [0.1, 0.15) is 11.6 Å². The molecule has 0 unspecified atom stereocenters. The van der Waals surface area contributed by atoms with Crippen LogP contribution in [0.4, 0.5) is 5.69 Å². The van der Waals surface area contributed by atoms with Crippen LogP contribution in [0.2, 0.25) is 10.0 Å². The standard InChI is InChI=1S/C28H29Cl2N5O3S/c1-38-25-9-7-20(8-10-25)27-26(32-28(33-27)21-5-3-2-4-6-21)11-12-31-39(36,37)35-15-13-34(14-16-35)24-18-22(29)17-23(30)19-24/h2-10,17-19,31H,11-16H2,1H3,(H,32,33). The van der Waals surface area contributed by atoms with Crippen molar-refractivity contribution in [2.75, 3.05) is 44.7 Å². The zero-order chi connectivity index (χ0) is 27.4. The van der Waals surface area contributed by atoms with Crippen molar-refractivity contribution < 1.29 is 13.2 Å². The average Bonchev–Trinajstić information content (AvgIpc) is 3.37. The van der Waals surface area contributed by atoms with Crippen LogP contribution in [-0.2, 0) is 16.6 Å². The molecule has 2 heterocycles. The molecule has 1 aliphatic heterocycles. The topological polar surface area (TPSA) is 90.6 Å². The van der Waals surface area contributed by atoms with Gasteiger partial charge in [-0.15, -0.1) is 0 Å². The summed E-state index contributed by atoms with van der Waals surface area (Å²) < 4.78 is 35.7. The van der Waals surface area contributed by atoms with Crippen LogP contribution >= 0.6 is 23.2 Å². The van der Waals surface area contributed by atoms with E-state index in [-0.39, 0.29) is 6.54 Å². The number of piperazine rings is 1. The predicted octanol–water partition coefficient (Wildman–Crippen LogP) is 5.26. The third kappa shape index (κ3) is 6.57. The van der Waals surface area contributed by atoms with Gasteiger partial charge in [0.2, 0.25) is 0 Å². The van der Waals surface area contributed by atoms with Crippen LogP contribution in [0.3, 0.4) is 0 Å². The second-order valence-electron chi connectivity index (χ2n) is 9.17. The monoisotopic (exact) mass is 585 g/mol. The van der Waals surface area contributed by atoms with Gasteiger partial charge in [-0.25, -0.2) is 9.71 Å². The van der Waals surface area contributed by atoms with Gasteiger partial charge in [0.25, 0.3) is 10.2 Å². The first-order valence-electron chi connectivity index (χ1n) is 12.6. The van der Waals surface area contributed by atoms with E-state index < -0.39 is 10.2 Å². The van der Waals surface area contributed by atoms with Crippen LogP contribution in [0.15, 0.2) is 72.8 Å². The van der Waals surface area contributed by atoms with E-state index in [2.05, 4.69) is 14.6 Å². The Bertz CT molecular complexity index is 1500. The fourth-order valence-corrected chi connectivity index (χ4v) is 6.32. The SMILES string of the molecule is COc1ccc(-c2nc(-c3ccccc3)[nH]c2CCNS(=O)(=O)N2CCN(c3cc(Cl)cc(Cl)c3)CC2)cc1. The molecule has 0 bridgehead atoms. The number of rotatable bonds is 9. The summed E-state index contributed by atoms with van der Waals surface area (Å²) in [7, 11) is -2.03. The van der Waals surface area contributed by atoms with Gasteiger partial charge in [-0.05, 0) is 42.5 Å². The Morgan fingerprint density at radius 3 is 2.23 bits per heavy atom. The quantitative estimate of drug-likeness (QED) is 0.280. The number of imidazole rings is 1. The van der Waals surface area contributed by atoms with Crippen molar-refractivity contribution in [2.45, 2.75) is 6.42 Å². The molecule has 0 aliphatic carbocycles. The van der Waals surface area contributed by atoms with E-state index in [0.29, 0.717) is 42.6 Å². The van der Waals surface area contributed by atoms with Crippen molar-refractivity contribution >= 4 is 39.1 Å². The molecule has 0 amide bonds. The number of aromatic amines is 1. The maximum Gasteiger partial charge on any atom is 0.279 e. The maximum atomic E-state index is 13.1. The summed E-state index contributed by atoms with van der Waals surface area (Å²) in [6.45, 7) is 2.03. The molecule has 8 nitrogen and oxygen atoms in total. The van der Waals surface area contributed by atoms with Crippen molar-refractivity contribution in [1.29, 1.82) is 0 Å². The van der Waals surface area contributed by atoms with E-state index in [9.17, 15) is 8.42 Å². The van der Waals surface area contributed by atoms with Gasteiger partial charge in [0.15, 0.2) is 0 Å². The van der Waals surface area contributed by atoms with E-state index in [1.165, 1.54) is 4.31 Å². The molecule has 0 saturated carbocycles. The lowest BCUT2D eigenvalue weighted by atomic mass is 10.1. The molecule has 39 heavy (non-hydrogen) atoms. The Balaban J connectivity index is 1.26. The van der Waals surface area contributed by atoms with Crippen LogP contribution in [0.1, 0.15) is 5.69 Å². The first-order chi connectivity index (χ1) is 18.8. The molecule has 11 heteroatoms. The van der Waals surface area contributed by atoms with Crippen LogP contribution in [0, 0.1) is 0 Å². The van der Waals surface area contributed by atoms with Gasteiger partial charge in [0.05, 0.1) is 12.8 Å². The van der Waals surface area contributed by atoms with E-state index in [1.807, 2.05) is 66.7 Å². The fraction of sp³-hybridized carbons (Fsp3) is 0.250. The Hall–Kier alpha value is -3.08. The molecule has 0 radical (unpaired) electrons. The zero-order valence-electron chi connectivity index (χ0n) is 21.4. The Kier molecular flexibility index (Phi) is 8.44. The molecule has 1 aliphatic rings. The smallest absolute Gasteiger partial charge is 0.279 e. The molecular formula is C28H29Cl2N5O3S. The molecule has 3 aromatic carbocycles. The minimum atomic E-state index is -3.65. The van der Waals surface area contributed by atoms with Gasteiger partial charge in [-0.2, -0.15) is 12.7 Å². The summed E-state index contributed by atoms with van der Waals surface area (Å²) in [5.41, 5.74) is 4.40. The van der Waals surface area contributed by atoms with Crippen LogP contribution in [0.5, 0.6) is 5.75 Å². The molecule has 4 aromatic rings. The molecule has 1 fully saturated rings. The fourth-order valence-electron chi connectivity index (χ4n) is 4.62. The lowest BCUT2D eigenvalue weighted by Gasteiger charge is -2.35. The number of benzene rings is 3. The summed E-state index contributed by atoms with van der Waals surface area (Å²) in [5.74, 6) is 1.49. The third-order valence-electron chi connectivity index (χ3n) is 6.64. The first kappa shape index (κ1) is 27.5. The zero-order valence-corrected chi connectivity index (χ0v) is 23.7. The summed E-state index contributed by atoms with van der Waals surface area (Å²) in [4.78, 5) is 10.3. The summed E-state index contributed by atoms with van der Waals surface area (Å²) in [5, 5.41) is 1.11. The number of methoxy groups -OCH3 is 1. The van der Waals surface area contributed by atoms with Gasteiger partial charge in [-0.1, -0.05) is 53.5 Å². The van der Waals surface area contributed by atoms with Crippen molar-refractivity contribution in [2.24, 2.45) is 0 Å². The van der Waals surface area contributed by atoms with Gasteiger partial charge >= 0.3 is 0 Å². The Morgan fingerprint density at radius 1 is 0.923 bits per heavy atom. The molecule has 0 spiro atoms. The second kappa shape index (κ2) is 12.0. The number of anilines is 1. The van der Waals surface area contributed by atoms with E-state index in [4.69, 9.17) is 32.9 Å². The molecule has 5 rings (SSSR count). The van der Waals surface area contributed by atoms with Gasteiger partial charge in [-0.3, -0.25) is 0 Å². The minimum Gasteiger partial charge on any atom is -0.497 e. The highest BCUT2D eigenvalue weighted by Crippen LogP contribution is 2.29. The number of ether oxygens (including phenoxy) is 1. The number of hydrogen-bond donors (Lipinski definition) is 2. The van der Waals surface area contributed by atoms with Crippen LogP contribution in [-0.4, -0.2) is 62.5 Å². The van der Waals surface area contributed by atoms with Gasteiger partial charge in [0, 0.05) is 71.7 Å². The normalized spacial score (nSPS) is 14.5. The Labute approximate surface area is 238 Å². The van der Waals surface area contributed by atoms with Crippen molar-refractivity contribution in [3.8, 4) is 28.4 Å². The molecule has 204 valence electrons. The van der Waals surface area contributed by atoms with Crippen molar-refractivity contribution in [3.05, 3.63) is 88.5 Å². The largest absolute Gasteiger partial charge is 0.497 e. The number of nitrogens with zero attached hydrogens (tertiary/aromatic N) is 3. The van der Waals surface area contributed by atoms with E-state index >= 15 is 0 Å². The maximum absolute atomic E-state index is 13.1. The molecular weight excluding hydrogens is 557 g/mol. The molecule has 1 aromatic heterocycles. The highest BCUT2D eigenvalue weighted by atomic mass is 35.5. The Morgan fingerprint density at radius 2 is 1.59 bits per heavy atom. The lowest BCUT2D eigenvalue weighted by molar-refractivity contribution is 0.378. The highest BCUT2D eigenvalue weighted by molar-refractivity contribution is 7.87. The molecule has 1 saturated heterocycles. The summed E-state index contributed by atoms with van der Waals surface area (Å²) in [6, 6.07) is 22.9. The van der Waals surface area contributed by atoms with Gasteiger partial charge < -0.3 is 14.6 Å². The van der Waals surface area contributed by atoms with Crippen LogP contribution in [0.25, 0.3) is 22.6 Å². The third-order valence-corrected chi connectivity index (χ3v) is 8.69. The van der Waals surface area contributed by atoms with Crippen molar-refractivity contribution in [1.82, 2.24) is 19.0 Å². The van der Waals surface area contributed by atoms with E-state index in [0.717, 1.165) is 39.8 Å². The second-order valence-corrected chi connectivity index (χ2v) is 11.8. The van der Waals surface area contributed by atoms with Crippen molar-refractivity contribution in [3.63, 3.8) is 0 Å². The predicted molar refractivity (Wildman–Crippen MR) is 157 cm³/mol. The number of halogens is 2. The van der Waals surface area contributed by atoms with Crippen LogP contribution < -0.4 is 14.4 Å². The van der Waals surface area contributed by atoms with E-state index in [1.54, 1.807) is 13.2 Å². The first-order valence-corrected chi connectivity index (χ1v) is 14.8.